The average molecular weight is 434 g/mol. The maximum Gasteiger partial charge on any atom is 0.338 e. The highest BCUT2D eigenvalue weighted by atomic mass is 35.5. The summed E-state index contributed by atoms with van der Waals surface area (Å²) in [6, 6.07) is 11.7. The van der Waals surface area contributed by atoms with Crippen LogP contribution in [0.2, 0.25) is 5.02 Å². The number of hydrogen-bond acceptors (Lipinski definition) is 7. The predicted molar refractivity (Wildman–Crippen MR) is 111 cm³/mol. The molecule has 0 atom stereocenters. The van der Waals surface area contributed by atoms with Gasteiger partial charge in [-0.15, -0.1) is 23.1 Å². The van der Waals surface area contributed by atoms with Crippen molar-refractivity contribution >= 4 is 46.5 Å². The zero-order valence-electron chi connectivity index (χ0n) is 14.9. The first-order valence-corrected chi connectivity index (χ1v) is 10.5. The molecule has 0 spiro atoms. The lowest BCUT2D eigenvalue weighted by molar-refractivity contribution is 0.0474. The molecule has 0 fully saturated rings. The molecule has 0 bridgehead atoms. The van der Waals surface area contributed by atoms with E-state index in [9.17, 15) is 9.59 Å². The number of carbonyl (C=O) groups excluding carboxylic acids is 2. The fourth-order valence-electron chi connectivity index (χ4n) is 2.29. The summed E-state index contributed by atoms with van der Waals surface area (Å²) in [5, 5.41) is 2.33. The van der Waals surface area contributed by atoms with Gasteiger partial charge in [0.15, 0.2) is 12.4 Å². The maximum atomic E-state index is 12.2. The summed E-state index contributed by atoms with van der Waals surface area (Å²) in [6.07, 6.45) is 0. The smallest absolute Gasteiger partial charge is 0.338 e. The molecular weight excluding hydrogens is 418 g/mol. The van der Waals surface area contributed by atoms with E-state index in [1.165, 1.54) is 13.2 Å². The Morgan fingerprint density at radius 1 is 1.14 bits per heavy atom. The standard InChI is InChI=1S/C20H16ClNO4S2/c1-25-19-7-4-14(8-17(19)21)18(23)9-26-20(24)13-2-5-16(6-3-13)28-11-15-10-27-12-22-15/h2-8,10,12H,9,11H2,1H3. The normalized spacial score (nSPS) is 10.5. The summed E-state index contributed by atoms with van der Waals surface area (Å²) in [7, 11) is 1.49. The number of rotatable bonds is 8. The number of halogens is 1. The number of aromatic nitrogens is 1. The number of Topliss-reactive ketones (excluding diaryl/α,β-unsaturated/α-hetero) is 1. The second kappa shape index (κ2) is 9.73. The molecule has 0 unspecified atom stereocenters. The van der Waals surface area contributed by atoms with Gasteiger partial charge >= 0.3 is 5.97 Å². The zero-order chi connectivity index (χ0) is 19.9. The molecule has 0 aliphatic rings. The van der Waals surface area contributed by atoms with Crippen LogP contribution in [0.1, 0.15) is 26.4 Å². The van der Waals surface area contributed by atoms with Gasteiger partial charge in [-0.25, -0.2) is 9.78 Å². The van der Waals surface area contributed by atoms with Gasteiger partial charge in [-0.2, -0.15) is 0 Å². The number of nitrogens with zero attached hydrogens (tertiary/aromatic N) is 1. The fraction of sp³-hybridized carbons (Fsp3) is 0.150. The van der Waals surface area contributed by atoms with Gasteiger partial charge in [0, 0.05) is 21.6 Å². The first-order valence-electron chi connectivity index (χ1n) is 8.20. The molecule has 2 aromatic carbocycles. The maximum absolute atomic E-state index is 12.2. The molecule has 0 saturated heterocycles. The minimum atomic E-state index is -0.552. The van der Waals surface area contributed by atoms with Crippen LogP contribution in [-0.2, 0) is 10.5 Å². The molecule has 0 N–H and O–H groups in total. The molecule has 5 nitrogen and oxygen atoms in total. The Balaban J connectivity index is 1.52. The molecule has 0 aliphatic carbocycles. The number of thiazole rings is 1. The first-order chi connectivity index (χ1) is 13.6. The highest BCUT2D eigenvalue weighted by Gasteiger charge is 2.13. The van der Waals surface area contributed by atoms with E-state index >= 15 is 0 Å². The molecule has 3 aromatic rings. The largest absolute Gasteiger partial charge is 0.495 e. The van der Waals surface area contributed by atoms with Crippen LogP contribution >= 0.6 is 34.7 Å². The van der Waals surface area contributed by atoms with Crippen LogP contribution in [0, 0.1) is 0 Å². The SMILES string of the molecule is COc1ccc(C(=O)COC(=O)c2ccc(SCc3cscn3)cc2)cc1Cl. The van der Waals surface area contributed by atoms with Crippen LogP contribution in [0.15, 0.2) is 58.3 Å². The van der Waals surface area contributed by atoms with E-state index in [-0.39, 0.29) is 12.4 Å². The van der Waals surface area contributed by atoms with Crippen molar-refractivity contribution in [2.45, 2.75) is 10.6 Å². The third-order valence-corrected chi connectivity index (χ3v) is 5.74. The van der Waals surface area contributed by atoms with Crippen LogP contribution in [0.3, 0.4) is 0 Å². The molecule has 1 heterocycles. The van der Waals surface area contributed by atoms with Crippen LogP contribution in [-0.4, -0.2) is 30.5 Å². The average Bonchev–Trinajstić information content (AvgIpc) is 3.24. The van der Waals surface area contributed by atoms with Gasteiger partial charge in [-0.05, 0) is 42.5 Å². The van der Waals surface area contributed by atoms with Crippen LogP contribution in [0.5, 0.6) is 5.75 Å². The van der Waals surface area contributed by atoms with Gasteiger partial charge in [0.2, 0.25) is 0 Å². The number of benzene rings is 2. The van der Waals surface area contributed by atoms with Crippen molar-refractivity contribution in [1.29, 1.82) is 0 Å². The molecule has 144 valence electrons. The van der Waals surface area contributed by atoms with Crippen molar-refractivity contribution in [3.8, 4) is 5.75 Å². The highest BCUT2D eigenvalue weighted by Crippen LogP contribution is 2.25. The lowest BCUT2D eigenvalue weighted by Gasteiger charge is -2.07. The Hall–Kier alpha value is -2.35. The van der Waals surface area contributed by atoms with Crippen LogP contribution in [0.4, 0.5) is 0 Å². The van der Waals surface area contributed by atoms with Crippen molar-refractivity contribution in [1.82, 2.24) is 4.98 Å². The Kier molecular flexibility index (Phi) is 7.08. The summed E-state index contributed by atoms with van der Waals surface area (Å²) in [6.45, 7) is -0.359. The summed E-state index contributed by atoms with van der Waals surface area (Å²) < 4.78 is 10.2. The van der Waals surface area contributed by atoms with E-state index < -0.39 is 5.97 Å². The van der Waals surface area contributed by atoms with E-state index in [2.05, 4.69) is 4.98 Å². The van der Waals surface area contributed by atoms with Gasteiger partial charge in [0.05, 0.1) is 28.9 Å². The van der Waals surface area contributed by atoms with Gasteiger partial charge in [0.1, 0.15) is 5.75 Å². The van der Waals surface area contributed by atoms with Gasteiger partial charge in [0.25, 0.3) is 0 Å². The lowest BCUT2D eigenvalue weighted by Crippen LogP contribution is -2.14. The Bertz CT molecular complexity index is 959. The number of methoxy groups -OCH3 is 1. The monoisotopic (exact) mass is 433 g/mol. The van der Waals surface area contributed by atoms with Crippen molar-refractivity contribution in [3.05, 3.63) is 75.2 Å². The number of ether oxygens (including phenoxy) is 2. The van der Waals surface area contributed by atoms with E-state index in [1.807, 2.05) is 17.5 Å². The minimum Gasteiger partial charge on any atom is -0.495 e. The Morgan fingerprint density at radius 3 is 2.54 bits per heavy atom. The molecule has 0 saturated carbocycles. The fourth-order valence-corrected chi connectivity index (χ4v) is 4.01. The van der Waals surface area contributed by atoms with E-state index in [4.69, 9.17) is 21.1 Å². The molecule has 3 rings (SSSR count). The summed E-state index contributed by atoms with van der Waals surface area (Å²) >= 11 is 9.21. The van der Waals surface area contributed by atoms with Crippen molar-refractivity contribution in [3.63, 3.8) is 0 Å². The first kappa shape index (κ1) is 20.4. The lowest BCUT2D eigenvalue weighted by atomic mass is 10.1. The third-order valence-electron chi connectivity index (χ3n) is 3.77. The number of carbonyl (C=O) groups is 2. The quantitative estimate of drug-likeness (QED) is 0.278. The van der Waals surface area contributed by atoms with Crippen LogP contribution < -0.4 is 4.74 Å². The second-order valence-corrected chi connectivity index (χ2v) is 7.82. The van der Waals surface area contributed by atoms with Crippen LogP contribution in [0.25, 0.3) is 0 Å². The topological polar surface area (TPSA) is 65.5 Å². The van der Waals surface area contributed by atoms with Crippen molar-refractivity contribution < 1.29 is 19.1 Å². The van der Waals surface area contributed by atoms with E-state index in [0.29, 0.717) is 21.9 Å². The zero-order valence-corrected chi connectivity index (χ0v) is 17.3. The Morgan fingerprint density at radius 2 is 1.89 bits per heavy atom. The molecule has 1 aromatic heterocycles. The molecular formula is C20H16ClNO4S2. The van der Waals surface area contributed by atoms with E-state index in [0.717, 1.165) is 16.3 Å². The predicted octanol–water partition coefficient (Wildman–Crippen LogP) is 5.14. The number of ketones is 1. The highest BCUT2D eigenvalue weighted by molar-refractivity contribution is 7.98. The molecule has 0 amide bonds. The van der Waals surface area contributed by atoms with Crippen molar-refractivity contribution in [2.75, 3.05) is 13.7 Å². The second-order valence-electron chi connectivity index (χ2n) is 5.64. The summed E-state index contributed by atoms with van der Waals surface area (Å²) in [5.74, 6) is 0.354. The Labute approximate surface area is 175 Å². The molecule has 28 heavy (non-hydrogen) atoms. The molecule has 0 aliphatic heterocycles. The number of thioether (sulfide) groups is 1. The van der Waals surface area contributed by atoms with E-state index in [1.54, 1.807) is 52.9 Å². The van der Waals surface area contributed by atoms with Crippen molar-refractivity contribution in [2.24, 2.45) is 0 Å². The van der Waals surface area contributed by atoms with Gasteiger partial charge in [-0.3, -0.25) is 4.79 Å². The third kappa shape index (κ3) is 5.34. The number of hydrogen-bond donors (Lipinski definition) is 0. The van der Waals surface area contributed by atoms with Gasteiger partial charge in [-0.1, -0.05) is 11.6 Å². The summed E-state index contributed by atoms with van der Waals surface area (Å²) in [4.78, 5) is 29.6. The number of esters is 1. The van der Waals surface area contributed by atoms with Gasteiger partial charge < -0.3 is 9.47 Å². The molecule has 0 radical (unpaired) electrons. The summed E-state index contributed by atoms with van der Waals surface area (Å²) in [5.41, 5.74) is 3.57. The molecule has 8 heteroatoms. The minimum absolute atomic E-state index is 0.324.